The number of phenolic OH excluding ortho intramolecular Hbond substituents is 1. The minimum absolute atomic E-state index is 0.0593. The van der Waals surface area contributed by atoms with Crippen molar-refractivity contribution in [1.29, 1.82) is 0 Å². The zero-order chi connectivity index (χ0) is 23.3. The molecule has 7 N–H and O–H groups in total. The number of unbranched alkanes of at least 4 members (excludes halogenated alkanes) is 1. The molecule has 1 aromatic carbocycles. The van der Waals surface area contributed by atoms with Crippen molar-refractivity contribution in [3.8, 4) is 5.75 Å². The van der Waals surface area contributed by atoms with Crippen molar-refractivity contribution < 1.29 is 29.7 Å². The Balaban J connectivity index is 1.88. The van der Waals surface area contributed by atoms with E-state index in [0.29, 0.717) is 18.4 Å². The van der Waals surface area contributed by atoms with E-state index in [1.54, 1.807) is 0 Å². The average molecular weight is 440 g/mol. The predicted molar refractivity (Wildman–Crippen MR) is 116 cm³/mol. The van der Waals surface area contributed by atoms with Crippen molar-refractivity contribution in [3.05, 3.63) is 45.2 Å². The molecule has 0 radical (unpaired) electrons. The molecule has 32 heavy (non-hydrogen) atoms. The van der Waals surface area contributed by atoms with Crippen molar-refractivity contribution in [2.45, 2.75) is 52.0 Å². The molecule has 3 unspecified atom stereocenters. The molecule has 1 aromatic rings. The van der Waals surface area contributed by atoms with Crippen molar-refractivity contribution in [3.63, 3.8) is 0 Å². The largest absolute Gasteiger partial charge is 0.511 e. The number of primary amides is 1. The molecule has 8 nitrogen and oxygen atoms in total. The topological polar surface area (TPSA) is 164 Å². The van der Waals surface area contributed by atoms with Crippen LogP contribution >= 0.6 is 0 Å². The number of phenols is 1. The van der Waals surface area contributed by atoms with Crippen LogP contribution in [0.4, 0.5) is 0 Å². The minimum Gasteiger partial charge on any atom is -0.511 e. The molecule has 0 aromatic heterocycles. The second-order valence-corrected chi connectivity index (χ2v) is 8.96. The van der Waals surface area contributed by atoms with Crippen molar-refractivity contribution in [2.75, 3.05) is 0 Å². The van der Waals surface area contributed by atoms with Gasteiger partial charge in [0, 0.05) is 24.1 Å². The highest BCUT2D eigenvalue weighted by molar-refractivity contribution is 6.21. The third-order valence-corrected chi connectivity index (χ3v) is 7.08. The molecule has 3 atom stereocenters. The fourth-order valence-electron chi connectivity index (χ4n) is 5.59. The summed E-state index contributed by atoms with van der Waals surface area (Å²) in [4.78, 5) is 37.5. The fourth-order valence-corrected chi connectivity index (χ4v) is 5.59. The summed E-state index contributed by atoms with van der Waals surface area (Å²) >= 11 is 0. The van der Waals surface area contributed by atoms with E-state index in [2.05, 4.69) is 6.92 Å². The van der Waals surface area contributed by atoms with Crippen LogP contribution in [0.2, 0.25) is 0 Å². The lowest BCUT2D eigenvalue weighted by molar-refractivity contribution is -0.127. The van der Waals surface area contributed by atoms with E-state index < -0.39 is 40.6 Å². The van der Waals surface area contributed by atoms with Gasteiger partial charge in [0.15, 0.2) is 11.6 Å². The van der Waals surface area contributed by atoms with Crippen LogP contribution < -0.4 is 11.5 Å². The standard InChI is InChI=1S/C24H28N2O6/c1-2-3-4-10-5-13(9-25)20(28)18-14(10)7-11-6-12-8-15(27)19(24(26)32)23(31)17(12)21(29)16(11)22(18)30/h5,11-12,17,28,30-31H,2-4,6-9,25H2,1H3,(H2,26,32). The SMILES string of the molecule is CCCCc1cc(CN)c(O)c2c1CC1CC3CC(=O)C(C(N)=O)=C(O)C3C(=O)C1=C2O. The minimum atomic E-state index is -1.11. The van der Waals surface area contributed by atoms with Gasteiger partial charge in [0.25, 0.3) is 5.91 Å². The summed E-state index contributed by atoms with van der Waals surface area (Å²) in [6.45, 7) is 2.16. The van der Waals surface area contributed by atoms with Crippen molar-refractivity contribution in [2.24, 2.45) is 29.2 Å². The maximum Gasteiger partial charge on any atom is 0.255 e. The average Bonchev–Trinajstić information content (AvgIpc) is 2.72. The Morgan fingerprint density at radius 3 is 2.50 bits per heavy atom. The van der Waals surface area contributed by atoms with Gasteiger partial charge in [-0.3, -0.25) is 14.4 Å². The van der Waals surface area contributed by atoms with Crippen LogP contribution in [0, 0.1) is 17.8 Å². The second kappa shape index (κ2) is 8.09. The second-order valence-electron chi connectivity index (χ2n) is 8.96. The Bertz CT molecular complexity index is 1100. The number of carbonyl (C=O) groups excluding carboxylic acids is 3. The number of benzene rings is 1. The summed E-state index contributed by atoms with van der Waals surface area (Å²) in [7, 11) is 0. The van der Waals surface area contributed by atoms with Crippen LogP contribution in [-0.4, -0.2) is 32.8 Å². The van der Waals surface area contributed by atoms with E-state index in [4.69, 9.17) is 11.5 Å². The summed E-state index contributed by atoms with van der Waals surface area (Å²) in [6, 6.07) is 1.87. The number of rotatable bonds is 5. The van der Waals surface area contributed by atoms with Gasteiger partial charge in [-0.25, -0.2) is 0 Å². The first-order valence-corrected chi connectivity index (χ1v) is 11.0. The molecule has 1 amide bonds. The smallest absolute Gasteiger partial charge is 0.255 e. The highest BCUT2D eigenvalue weighted by Gasteiger charge is 2.51. The summed E-state index contributed by atoms with van der Waals surface area (Å²) in [5, 5.41) is 32.6. The fraction of sp³-hybridized carbons (Fsp3) is 0.458. The van der Waals surface area contributed by atoms with E-state index >= 15 is 0 Å². The van der Waals surface area contributed by atoms with Gasteiger partial charge in [-0.15, -0.1) is 0 Å². The number of ketones is 2. The predicted octanol–water partition coefficient (Wildman–Crippen LogP) is 2.11. The van der Waals surface area contributed by atoms with Gasteiger partial charge >= 0.3 is 0 Å². The van der Waals surface area contributed by atoms with Gasteiger partial charge in [0.2, 0.25) is 0 Å². The highest BCUT2D eigenvalue weighted by Crippen LogP contribution is 2.51. The number of aromatic hydroxyl groups is 1. The van der Waals surface area contributed by atoms with E-state index in [-0.39, 0.29) is 41.5 Å². The molecule has 3 aliphatic carbocycles. The quantitative estimate of drug-likeness (QED) is 0.438. The molecule has 0 spiro atoms. The Morgan fingerprint density at radius 2 is 1.88 bits per heavy atom. The van der Waals surface area contributed by atoms with Gasteiger partial charge < -0.3 is 26.8 Å². The molecular weight excluding hydrogens is 412 g/mol. The maximum absolute atomic E-state index is 13.4. The third kappa shape index (κ3) is 3.21. The number of fused-ring (bicyclic) bond motifs is 3. The Morgan fingerprint density at radius 1 is 1.16 bits per heavy atom. The number of aliphatic hydroxyl groups is 2. The first kappa shape index (κ1) is 22.1. The van der Waals surface area contributed by atoms with Crippen LogP contribution in [-0.2, 0) is 33.8 Å². The van der Waals surface area contributed by atoms with E-state index in [9.17, 15) is 29.7 Å². The molecule has 4 rings (SSSR count). The van der Waals surface area contributed by atoms with Gasteiger partial charge in [0.05, 0.1) is 11.5 Å². The number of nitrogens with two attached hydrogens (primary N) is 2. The summed E-state index contributed by atoms with van der Waals surface area (Å²) in [5.74, 6) is -5.17. The van der Waals surface area contributed by atoms with E-state index in [0.717, 1.165) is 30.4 Å². The lowest BCUT2D eigenvalue weighted by atomic mass is 9.61. The van der Waals surface area contributed by atoms with E-state index in [1.165, 1.54) is 0 Å². The summed E-state index contributed by atoms with van der Waals surface area (Å²) in [6.07, 6.45) is 3.42. The maximum atomic E-state index is 13.4. The molecule has 0 aliphatic heterocycles. The molecule has 3 aliphatic rings. The number of carbonyl (C=O) groups is 3. The van der Waals surface area contributed by atoms with Gasteiger partial charge in [-0.1, -0.05) is 19.4 Å². The zero-order valence-electron chi connectivity index (χ0n) is 18.0. The Kier molecular flexibility index (Phi) is 5.58. The number of Topliss-reactive ketones (excluding diaryl/α,β-unsaturated/α-hetero) is 2. The van der Waals surface area contributed by atoms with Crippen LogP contribution in [0.25, 0.3) is 5.76 Å². The molecule has 0 saturated heterocycles. The number of aryl methyl sites for hydroxylation is 1. The van der Waals surface area contributed by atoms with Crippen LogP contribution in [0.5, 0.6) is 5.75 Å². The zero-order valence-corrected chi connectivity index (χ0v) is 18.0. The lowest BCUT2D eigenvalue weighted by Crippen LogP contribution is -2.44. The van der Waals surface area contributed by atoms with E-state index in [1.807, 2.05) is 6.07 Å². The Hall–Kier alpha value is -3.13. The highest BCUT2D eigenvalue weighted by atomic mass is 16.3. The normalized spacial score (nSPS) is 24.9. The molecule has 0 bridgehead atoms. The Labute approximate surface area is 185 Å². The molecule has 0 heterocycles. The number of hydrogen-bond acceptors (Lipinski definition) is 7. The number of aliphatic hydroxyl groups excluding tert-OH is 2. The molecule has 1 saturated carbocycles. The first-order valence-electron chi connectivity index (χ1n) is 11.0. The van der Waals surface area contributed by atoms with Crippen LogP contribution in [0.3, 0.4) is 0 Å². The number of amides is 1. The molecule has 1 fully saturated rings. The van der Waals surface area contributed by atoms with Gasteiger partial charge in [-0.05, 0) is 48.6 Å². The van der Waals surface area contributed by atoms with Crippen molar-refractivity contribution in [1.82, 2.24) is 0 Å². The molecular formula is C24H28N2O6. The lowest BCUT2D eigenvalue weighted by Gasteiger charge is -2.41. The monoisotopic (exact) mass is 440 g/mol. The van der Waals surface area contributed by atoms with Crippen molar-refractivity contribution >= 4 is 23.2 Å². The van der Waals surface area contributed by atoms with Gasteiger partial charge in [-0.2, -0.15) is 0 Å². The summed E-state index contributed by atoms with van der Waals surface area (Å²) < 4.78 is 0. The number of allylic oxidation sites excluding steroid dienone is 2. The number of hydrogen-bond donors (Lipinski definition) is 5. The van der Waals surface area contributed by atoms with Crippen LogP contribution in [0.1, 0.15) is 54.9 Å². The molecule has 170 valence electrons. The van der Waals surface area contributed by atoms with Crippen LogP contribution in [0.15, 0.2) is 23.0 Å². The summed E-state index contributed by atoms with van der Waals surface area (Å²) in [5.41, 5.74) is 13.1. The molecule has 8 heteroatoms. The third-order valence-electron chi connectivity index (χ3n) is 7.08. The van der Waals surface area contributed by atoms with Gasteiger partial charge in [0.1, 0.15) is 22.8 Å². The first-order chi connectivity index (χ1) is 15.2.